The van der Waals surface area contributed by atoms with Gasteiger partial charge >= 0.3 is 5.97 Å². The van der Waals surface area contributed by atoms with Gasteiger partial charge in [0.2, 0.25) is 0 Å². The first-order chi connectivity index (χ1) is 10.1. The van der Waals surface area contributed by atoms with Crippen molar-refractivity contribution in [1.29, 1.82) is 0 Å². The van der Waals surface area contributed by atoms with Crippen molar-refractivity contribution in [2.45, 2.75) is 65.0 Å². The first-order valence-electron chi connectivity index (χ1n) is 7.89. The Hall–Kier alpha value is -1.71. The summed E-state index contributed by atoms with van der Waals surface area (Å²) in [6.07, 6.45) is 0.874. The molecular weight excluding hydrogens is 278 g/mol. The third-order valence-corrected chi connectivity index (χ3v) is 4.45. The van der Waals surface area contributed by atoms with Crippen molar-refractivity contribution >= 4 is 11.7 Å². The molecular formula is C18H27NO3. The van der Waals surface area contributed by atoms with Crippen LogP contribution in [0.15, 0.2) is 18.2 Å². The molecule has 122 valence electrons. The van der Waals surface area contributed by atoms with Crippen LogP contribution in [0.3, 0.4) is 0 Å². The van der Waals surface area contributed by atoms with Crippen molar-refractivity contribution < 1.29 is 14.6 Å². The van der Waals surface area contributed by atoms with Crippen LogP contribution in [0.25, 0.3) is 0 Å². The second-order valence-electron chi connectivity index (χ2n) is 7.56. The van der Waals surface area contributed by atoms with Gasteiger partial charge in [0.15, 0.2) is 0 Å². The van der Waals surface area contributed by atoms with E-state index in [0.29, 0.717) is 6.54 Å². The molecule has 0 radical (unpaired) electrons. The van der Waals surface area contributed by atoms with Gasteiger partial charge in [0.1, 0.15) is 17.4 Å². The molecule has 0 fully saturated rings. The molecule has 2 rings (SSSR count). The molecule has 1 aliphatic rings. The highest BCUT2D eigenvalue weighted by Gasteiger charge is 2.40. The van der Waals surface area contributed by atoms with Gasteiger partial charge in [0.25, 0.3) is 0 Å². The molecule has 4 heteroatoms. The first-order valence-corrected chi connectivity index (χ1v) is 7.89. The van der Waals surface area contributed by atoms with Crippen LogP contribution >= 0.6 is 0 Å². The number of aliphatic carboxylic acids is 1. The first kappa shape index (κ1) is 16.7. The predicted molar refractivity (Wildman–Crippen MR) is 88.9 cm³/mol. The minimum atomic E-state index is -0.970. The molecule has 1 atom stereocenters. The Morgan fingerprint density at radius 2 is 1.95 bits per heavy atom. The normalized spacial score (nSPS) is 18.6. The van der Waals surface area contributed by atoms with Crippen LogP contribution in [-0.4, -0.2) is 29.3 Å². The van der Waals surface area contributed by atoms with Crippen LogP contribution in [-0.2, 0) is 10.2 Å². The highest BCUT2D eigenvalue weighted by atomic mass is 16.5. The van der Waals surface area contributed by atoms with E-state index in [1.165, 1.54) is 5.56 Å². The molecule has 1 heterocycles. The van der Waals surface area contributed by atoms with Crippen LogP contribution in [0, 0.1) is 0 Å². The second-order valence-corrected chi connectivity index (χ2v) is 7.56. The van der Waals surface area contributed by atoms with E-state index >= 15 is 0 Å². The Balaban J connectivity index is 2.55. The molecule has 1 unspecified atom stereocenters. The summed E-state index contributed by atoms with van der Waals surface area (Å²) < 4.78 is 6.02. The Morgan fingerprint density at radius 1 is 1.32 bits per heavy atom. The fraction of sp³-hybridized carbons (Fsp3) is 0.611. The Labute approximate surface area is 133 Å². The highest BCUT2D eigenvalue weighted by Crippen LogP contribution is 2.40. The molecule has 0 amide bonds. The average Bonchev–Trinajstić information content (AvgIpc) is 2.44. The zero-order chi connectivity index (χ0) is 16.7. The lowest BCUT2D eigenvalue weighted by atomic mass is 9.86. The topological polar surface area (TPSA) is 49.8 Å². The molecule has 1 aromatic rings. The van der Waals surface area contributed by atoms with Crippen molar-refractivity contribution in [3.05, 3.63) is 23.8 Å². The largest absolute Gasteiger partial charge is 0.486 e. The van der Waals surface area contributed by atoms with E-state index in [4.69, 9.17) is 4.74 Å². The van der Waals surface area contributed by atoms with Crippen LogP contribution in [0.5, 0.6) is 5.75 Å². The molecule has 1 aromatic carbocycles. The Bertz CT molecular complexity index is 572. The second kappa shape index (κ2) is 5.49. The number of anilines is 1. The summed E-state index contributed by atoms with van der Waals surface area (Å²) in [5.41, 5.74) is 1.10. The van der Waals surface area contributed by atoms with Gasteiger partial charge in [-0.15, -0.1) is 0 Å². The molecule has 0 saturated carbocycles. The summed E-state index contributed by atoms with van der Waals surface area (Å²) in [5, 5.41) is 9.62. The lowest BCUT2D eigenvalue weighted by molar-refractivity contribution is -0.142. The molecule has 1 aliphatic heterocycles. The fourth-order valence-corrected chi connectivity index (χ4v) is 2.67. The van der Waals surface area contributed by atoms with Crippen molar-refractivity contribution in [1.82, 2.24) is 0 Å². The molecule has 0 aliphatic carbocycles. The maximum Gasteiger partial charge on any atom is 0.328 e. The molecule has 4 nitrogen and oxygen atoms in total. The van der Waals surface area contributed by atoms with Crippen molar-refractivity contribution in [2.24, 2.45) is 0 Å². The van der Waals surface area contributed by atoms with E-state index in [0.717, 1.165) is 17.9 Å². The van der Waals surface area contributed by atoms with E-state index in [2.05, 4.69) is 39.8 Å². The molecule has 0 aromatic heterocycles. The van der Waals surface area contributed by atoms with Gasteiger partial charge in [-0.3, -0.25) is 0 Å². The summed E-state index contributed by atoms with van der Waals surface area (Å²) in [4.78, 5) is 13.7. The van der Waals surface area contributed by atoms with E-state index in [-0.39, 0.29) is 11.5 Å². The fourth-order valence-electron chi connectivity index (χ4n) is 2.67. The monoisotopic (exact) mass is 305 g/mol. The summed E-state index contributed by atoms with van der Waals surface area (Å²) in [6.45, 7) is 12.6. The lowest BCUT2D eigenvalue weighted by Crippen LogP contribution is -2.55. The summed E-state index contributed by atoms with van der Waals surface area (Å²) >= 11 is 0. The summed E-state index contributed by atoms with van der Waals surface area (Å²) in [7, 11) is 0. The number of carboxylic acids is 1. The van der Waals surface area contributed by atoms with Gasteiger partial charge in [-0.25, -0.2) is 4.79 Å². The maximum absolute atomic E-state index is 11.7. The summed E-state index contributed by atoms with van der Waals surface area (Å²) in [5.74, 6) is -0.0446. The summed E-state index contributed by atoms with van der Waals surface area (Å²) in [6, 6.07) is 6.12. The minimum Gasteiger partial charge on any atom is -0.486 e. The zero-order valence-electron chi connectivity index (χ0n) is 14.4. The zero-order valence-corrected chi connectivity index (χ0v) is 14.4. The van der Waals surface area contributed by atoms with E-state index < -0.39 is 11.5 Å². The third kappa shape index (κ3) is 2.92. The number of rotatable bonds is 3. The number of benzene rings is 1. The molecule has 0 saturated heterocycles. The molecule has 1 N–H and O–H groups in total. The van der Waals surface area contributed by atoms with Crippen molar-refractivity contribution in [3.63, 3.8) is 0 Å². The Kier molecular flexibility index (Phi) is 4.16. The van der Waals surface area contributed by atoms with Crippen LogP contribution in [0.2, 0.25) is 0 Å². The number of carboxylic acid groups (broad SMARTS) is 1. The van der Waals surface area contributed by atoms with Crippen LogP contribution in [0.1, 0.15) is 53.5 Å². The van der Waals surface area contributed by atoms with Gasteiger partial charge in [-0.2, -0.15) is 0 Å². The molecule has 0 bridgehead atoms. The van der Waals surface area contributed by atoms with Crippen LogP contribution < -0.4 is 9.64 Å². The van der Waals surface area contributed by atoms with Gasteiger partial charge in [-0.05, 0) is 43.4 Å². The van der Waals surface area contributed by atoms with Gasteiger partial charge in [-0.1, -0.05) is 33.8 Å². The average molecular weight is 305 g/mol. The van der Waals surface area contributed by atoms with Crippen molar-refractivity contribution in [3.8, 4) is 5.75 Å². The Morgan fingerprint density at radius 3 is 2.45 bits per heavy atom. The maximum atomic E-state index is 11.7. The van der Waals surface area contributed by atoms with Gasteiger partial charge in [0.05, 0.1) is 12.2 Å². The third-order valence-electron chi connectivity index (χ3n) is 4.45. The van der Waals surface area contributed by atoms with Gasteiger partial charge in [0, 0.05) is 0 Å². The quantitative estimate of drug-likeness (QED) is 0.922. The number of hydrogen-bond acceptors (Lipinski definition) is 3. The number of nitrogens with zero attached hydrogens (tertiary/aromatic N) is 1. The smallest absolute Gasteiger partial charge is 0.328 e. The SMILES string of the molecule is CCC1CN(C(C)(C)C(=O)O)c2cc(C(C)(C)C)ccc2O1. The molecule has 22 heavy (non-hydrogen) atoms. The van der Waals surface area contributed by atoms with E-state index in [9.17, 15) is 9.90 Å². The van der Waals surface area contributed by atoms with E-state index in [1.807, 2.05) is 11.0 Å². The number of hydrogen-bond donors (Lipinski definition) is 1. The highest BCUT2D eigenvalue weighted by molar-refractivity contribution is 5.84. The van der Waals surface area contributed by atoms with E-state index in [1.54, 1.807) is 13.8 Å². The van der Waals surface area contributed by atoms with Crippen LogP contribution in [0.4, 0.5) is 5.69 Å². The molecule has 0 spiro atoms. The standard InChI is InChI=1S/C18H27NO3/c1-7-13-11-19(18(5,6)16(20)21)14-10-12(17(2,3)4)8-9-15(14)22-13/h8-10,13H,7,11H2,1-6H3,(H,20,21). The minimum absolute atomic E-state index is 0.00959. The van der Waals surface area contributed by atoms with Gasteiger partial charge < -0.3 is 14.7 Å². The number of carbonyl (C=O) groups is 1. The lowest BCUT2D eigenvalue weighted by Gasteiger charge is -2.44. The number of ether oxygens (including phenoxy) is 1. The van der Waals surface area contributed by atoms with Crippen molar-refractivity contribution in [2.75, 3.05) is 11.4 Å². The predicted octanol–water partition coefficient (Wildman–Crippen LogP) is 3.82. The number of fused-ring (bicyclic) bond motifs is 1.